The van der Waals surface area contributed by atoms with E-state index < -0.39 is 0 Å². The Bertz CT molecular complexity index is 687. The molecule has 0 aliphatic heterocycles. The minimum Gasteiger partial charge on any atom is -0.468 e. The van der Waals surface area contributed by atoms with Crippen molar-refractivity contribution in [3.8, 4) is 0 Å². The van der Waals surface area contributed by atoms with Gasteiger partial charge in [0.05, 0.1) is 12.3 Å². The predicted octanol–water partition coefficient (Wildman–Crippen LogP) is 4.84. The molecule has 1 heterocycles. The molecule has 2 atom stereocenters. The summed E-state index contributed by atoms with van der Waals surface area (Å²) < 4.78 is 5.44. The van der Waals surface area contributed by atoms with E-state index in [1.807, 2.05) is 12.1 Å². The first-order valence-electron chi connectivity index (χ1n) is 7.02. The SMILES string of the molecule is CC(NC(C)c1ccco1)c1ccc2ccccc2c1. The summed E-state index contributed by atoms with van der Waals surface area (Å²) >= 11 is 0. The Morgan fingerprint density at radius 3 is 2.40 bits per heavy atom. The van der Waals surface area contributed by atoms with Gasteiger partial charge in [-0.05, 0) is 48.4 Å². The van der Waals surface area contributed by atoms with Crippen LogP contribution in [-0.2, 0) is 0 Å². The van der Waals surface area contributed by atoms with Gasteiger partial charge < -0.3 is 9.73 Å². The topological polar surface area (TPSA) is 25.2 Å². The van der Waals surface area contributed by atoms with Gasteiger partial charge in [-0.25, -0.2) is 0 Å². The number of rotatable bonds is 4. The number of benzene rings is 2. The van der Waals surface area contributed by atoms with Gasteiger partial charge in [-0.1, -0.05) is 36.4 Å². The monoisotopic (exact) mass is 265 g/mol. The number of fused-ring (bicyclic) bond motifs is 1. The molecule has 2 aromatic carbocycles. The molecule has 2 unspecified atom stereocenters. The normalized spacial score (nSPS) is 14.3. The van der Waals surface area contributed by atoms with E-state index >= 15 is 0 Å². The summed E-state index contributed by atoms with van der Waals surface area (Å²) in [4.78, 5) is 0. The highest BCUT2D eigenvalue weighted by atomic mass is 16.3. The molecule has 0 spiro atoms. The third kappa shape index (κ3) is 2.61. The summed E-state index contributed by atoms with van der Waals surface area (Å²) in [6, 6.07) is 19.5. The van der Waals surface area contributed by atoms with Gasteiger partial charge >= 0.3 is 0 Å². The van der Waals surface area contributed by atoms with Gasteiger partial charge in [0, 0.05) is 6.04 Å². The lowest BCUT2D eigenvalue weighted by Gasteiger charge is -2.19. The average Bonchev–Trinajstić information content (AvgIpc) is 3.01. The smallest absolute Gasteiger partial charge is 0.120 e. The van der Waals surface area contributed by atoms with Crippen molar-refractivity contribution in [3.05, 3.63) is 72.2 Å². The van der Waals surface area contributed by atoms with Crippen LogP contribution in [0, 0.1) is 0 Å². The lowest BCUT2D eigenvalue weighted by molar-refractivity contribution is 0.403. The van der Waals surface area contributed by atoms with Crippen molar-refractivity contribution in [3.63, 3.8) is 0 Å². The van der Waals surface area contributed by atoms with Gasteiger partial charge in [0.15, 0.2) is 0 Å². The van der Waals surface area contributed by atoms with Crippen LogP contribution in [0.15, 0.2) is 65.3 Å². The van der Waals surface area contributed by atoms with Gasteiger partial charge in [-0.2, -0.15) is 0 Å². The minimum absolute atomic E-state index is 0.200. The van der Waals surface area contributed by atoms with E-state index in [2.05, 4.69) is 61.6 Å². The van der Waals surface area contributed by atoms with Crippen LogP contribution >= 0.6 is 0 Å². The van der Waals surface area contributed by atoms with Gasteiger partial charge in [0.2, 0.25) is 0 Å². The summed E-state index contributed by atoms with van der Waals surface area (Å²) in [6.45, 7) is 4.31. The fourth-order valence-corrected chi connectivity index (χ4v) is 2.57. The van der Waals surface area contributed by atoms with E-state index in [0.29, 0.717) is 0 Å². The second-order valence-electron chi connectivity index (χ2n) is 5.23. The molecule has 0 saturated heterocycles. The van der Waals surface area contributed by atoms with E-state index in [0.717, 1.165) is 5.76 Å². The minimum atomic E-state index is 0.200. The quantitative estimate of drug-likeness (QED) is 0.730. The van der Waals surface area contributed by atoms with Crippen LogP contribution in [0.4, 0.5) is 0 Å². The van der Waals surface area contributed by atoms with Crippen molar-refractivity contribution in [1.29, 1.82) is 0 Å². The number of furan rings is 1. The van der Waals surface area contributed by atoms with E-state index in [1.165, 1.54) is 16.3 Å². The Morgan fingerprint density at radius 2 is 1.65 bits per heavy atom. The largest absolute Gasteiger partial charge is 0.468 e. The second-order valence-corrected chi connectivity index (χ2v) is 5.23. The molecule has 0 bridgehead atoms. The average molecular weight is 265 g/mol. The lowest BCUT2D eigenvalue weighted by atomic mass is 10.0. The predicted molar refractivity (Wildman–Crippen MR) is 82.6 cm³/mol. The highest BCUT2D eigenvalue weighted by molar-refractivity contribution is 5.83. The lowest BCUT2D eigenvalue weighted by Crippen LogP contribution is -2.22. The maximum Gasteiger partial charge on any atom is 0.120 e. The molecule has 2 heteroatoms. The molecule has 3 aromatic rings. The Hall–Kier alpha value is -2.06. The van der Waals surface area contributed by atoms with Crippen LogP contribution < -0.4 is 5.32 Å². The third-order valence-corrected chi connectivity index (χ3v) is 3.74. The molecule has 20 heavy (non-hydrogen) atoms. The zero-order chi connectivity index (χ0) is 13.9. The third-order valence-electron chi connectivity index (χ3n) is 3.74. The zero-order valence-electron chi connectivity index (χ0n) is 11.8. The molecule has 1 aromatic heterocycles. The van der Waals surface area contributed by atoms with Crippen molar-refractivity contribution in [1.82, 2.24) is 5.32 Å². The molecule has 0 fully saturated rings. The van der Waals surface area contributed by atoms with Crippen molar-refractivity contribution >= 4 is 10.8 Å². The molecule has 0 amide bonds. The van der Waals surface area contributed by atoms with Gasteiger partial charge in [-0.15, -0.1) is 0 Å². The molecule has 2 nitrogen and oxygen atoms in total. The maximum atomic E-state index is 5.44. The maximum absolute atomic E-state index is 5.44. The molecule has 0 saturated carbocycles. The standard InChI is InChI=1S/C18H19NO/c1-13(19-14(2)18-8-5-11-20-18)16-10-9-15-6-3-4-7-17(15)12-16/h3-14,19H,1-2H3. The summed E-state index contributed by atoms with van der Waals surface area (Å²) in [5.41, 5.74) is 1.29. The molecular formula is C18H19NO. The van der Waals surface area contributed by atoms with Gasteiger partial charge in [-0.3, -0.25) is 0 Å². The number of nitrogens with one attached hydrogen (secondary N) is 1. The first-order valence-corrected chi connectivity index (χ1v) is 7.02. The molecule has 102 valence electrons. The highest BCUT2D eigenvalue weighted by Gasteiger charge is 2.13. The first kappa shape index (κ1) is 12.9. The van der Waals surface area contributed by atoms with Crippen LogP contribution in [0.2, 0.25) is 0 Å². The van der Waals surface area contributed by atoms with Crippen molar-refractivity contribution in [2.24, 2.45) is 0 Å². The summed E-state index contributed by atoms with van der Waals surface area (Å²) in [5.74, 6) is 0.970. The van der Waals surface area contributed by atoms with Crippen molar-refractivity contribution in [2.45, 2.75) is 25.9 Å². The van der Waals surface area contributed by atoms with Gasteiger partial charge in [0.25, 0.3) is 0 Å². The first-order chi connectivity index (χ1) is 9.74. The molecule has 3 rings (SSSR count). The second kappa shape index (κ2) is 5.51. The van der Waals surface area contributed by atoms with Crippen LogP contribution in [0.5, 0.6) is 0 Å². The molecule has 0 aliphatic carbocycles. The molecular weight excluding hydrogens is 246 g/mol. The Morgan fingerprint density at radius 1 is 0.850 bits per heavy atom. The van der Waals surface area contributed by atoms with E-state index in [1.54, 1.807) is 6.26 Å². The Labute approximate surface area is 119 Å². The number of hydrogen-bond donors (Lipinski definition) is 1. The van der Waals surface area contributed by atoms with Crippen LogP contribution in [0.3, 0.4) is 0 Å². The zero-order valence-corrected chi connectivity index (χ0v) is 11.8. The summed E-state index contributed by atoms with van der Waals surface area (Å²) in [5, 5.41) is 6.13. The van der Waals surface area contributed by atoms with Crippen LogP contribution in [0.1, 0.15) is 37.3 Å². The summed E-state index contributed by atoms with van der Waals surface area (Å²) in [7, 11) is 0. The Balaban J connectivity index is 1.80. The van der Waals surface area contributed by atoms with Crippen molar-refractivity contribution < 1.29 is 4.42 Å². The Kier molecular flexibility index (Phi) is 3.57. The molecule has 1 N–H and O–H groups in total. The van der Waals surface area contributed by atoms with Gasteiger partial charge in [0.1, 0.15) is 5.76 Å². The number of hydrogen-bond acceptors (Lipinski definition) is 2. The fraction of sp³-hybridized carbons (Fsp3) is 0.222. The van der Waals surface area contributed by atoms with E-state index in [9.17, 15) is 0 Å². The van der Waals surface area contributed by atoms with Crippen LogP contribution in [-0.4, -0.2) is 0 Å². The van der Waals surface area contributed by atoms with Crippen LogP contribution in [0.25, 0.3) is 10.8 Å². The summed E-state index contributed by atoms with van der Waals surface area (Å²) in [6.07, 6.45) is 1.72. The van der Waals surface area contributed by atoms with Crippen molar-refractivity contribution in [2.75, 3.05) is 0 Å². The van der Waals surface area contributed by atoms with E-state index in [4.69, 9.17) is 4.42 Å². The molecule has 0 radical (unpaired) electrons. The fourth-order valence-electron chi connectivity index (χ4n) is 2.57. The molecule has 0 aliphatic rings. The van der Waals surface area contributed by atoms with E-state index in [-0.39, 0.29) is 12.1 Å². The highest BCUT2D eigenvalue weighted by Crippen LogP contribution is 2.23.